The minimum Gasteiger partial charge on any atom is -0.477 e. The second-order valence-corrected chi connectivity index (χ2v) is 8.93. The van der Waals surface area contributed by atoms with Gasteiger partial charge in [0.2, 0.25) is 5.91 Å². The number of fused-ring (bicyclic) bond motifs is 1. The molecule has 0 bridgehead atoms. The highest BCUT2D eigenvalue weighted by atomic mass is 32.2. The molecule has 2 saturated heterocycles. The largest absolute Gasteiger partial charge is 0.477 e. The van der Waals surface area contributed by atoms with Crippen molar-refractivity contribution in [2.75, 3.05) is 19.6 Å². The number of aliphatic carboxylic acids is 1. The summed E-state index contributed by atoms with van der Waals surface area (Å²) in [4.78, 5) is 27.6. The first-order valence-electron chi connectivity index (χ1n) is 8.13. The Hall–Kier alpha value is -0.960. The number of rotatable bonds is 7. The first kappa shape index (κ1) is 17.8. The van der Waals surface area contributed by atoms with Crippen molar-refractivity contribution in [1.82, 2.24) is 9.80 Å². The van der Waals surface area contributed by atoms with Crippen molar-refractivity contribution >= 4 is 35.4 Å². The van der Waals surface area contributed by atoms with Gasteiger partial charge in [0.1, 0.15) is 5.37 Å². The molecule has 4 atom stereocenters. The fourth-order valence-corrected chi connectivity index (χ4v) is 6.70. The van der Waals surface area contributed by atoms with E-state index in [1.807, 2.05) is 13.0 Å². The predicted octanol–water partition coefficient (Wildman–Crippen LogP) is 1.54. The van der Waals surface area contributed by atoms with Gasteiger partial charge in [-0.25, -0.2) is 4.79 Å². The van der Waals surface area contributed by atoms with Crippen molar-refractivity contribution in [3.63, 3.8) is 0 Å². The van der Waals surface area contributed by atoms with E-state index in [4.69, 9.17) is 0 Å². The van der Waals surface area contributed by atoms with Crippen LogP contribution in [0, 0.1) is 5.92 Å². The molecule has 132 valence electrons. The van der Waals surface area contributed by atoms with E-state index in [9.17, 15) is 19.8 Å². The van der Waals surface area contributed by atoms with E-state index in [0.717, 1.165) is 26.1 Å². The Balaban J connectivity index is 1.72. The molecule has 0 radical (unpaired) electrons. The van der Waals surface area contributed by atoms with Gasteiger partial charge in [-0.1, -0.05) is 24.8 Å². The zero-order valence-electron chi connectivity index (χ0n) is 13.6. The lowest BCUT2D eigenvalue weighted by Gasteiger charge is -2.44. The molecule has 6 nitrogen and oxygen atoms in total. The van der Waals surface area contributed by atoms with Gasteiger partial charge in [0, 0.05) is 18.3 Å². The molecule has 0 saturated carbocycles. The van der Waals surface area contributed by atoms with Crippen LogP contribution in [0.15, 0.2) is 22.6 Å². The number of carbonyl (C=O) groups is 2. The summed E-state index contributed by atoms with van der Waals surface area (Å²) in [5.41, 5.74) is 0.0988. The van der Waals surface area contributed by atoms with E-state index < -0.39 is 18.0 Å². The molecule has 3 heterocycles. The topological polar surface area (TPSA) is 81.1 Å². The predicted molar refractivity (Wildman–Crippen MR) is 95.3 cm³/mol. The van der Waals surface area contributed by atoms with Gasteiger partial charge in [0.05, 0.1) is 16.3 Å². The third kappa shape index (κ3) is 3.00. The van der Waals surface area contributed by atoms with E-state index in [1.54, 1.807) is 11.8 Å². The smallest absolute Gasteiger partial charge is 0.354 e. The number of nitrogens with zero attached hydrogens (tertiary/aromatic N) is 2. The molecule has 0 spiro atoms. The molecule has 0 aliphatic carbocycles. The maximum atomic E-state index is 12.3. The number of carboxylic acids is 1. The average Bonchev–Trinajstić information content (AvgIpc) is 3.10. The first-order valence-corrected chi connectivity index (χ1v) is 9.89. The summed E-state index contributed by atoms with van der Waals surface area (Å²) in [6, 6.07) is 0. The van der Waals surface area contributed by atoms with Gasteiger partial charge in [-0.3, -0.25) is 14.6 Å². The Morgan fingerprint density at radius 1 is 1.58 bits per heavy atom. The van der Waals surface area contributed by atoms with Crippen LogP contribution < -0.4 is 0 Å². The van der Waals surface area contributed by atoms with Crippen LogP contribution in [0.1, 0.15) is 19.8 Å². The third-order valence-electron chi connectivity index (χ3n) is 4.67. The molecule has 2 fully saturated rings. The van der Waals surface area contributed by atoms with Gasteiger partial charge in [0.25, 0.3) is 0 Å². The van der Waals surface area contributed by atoms with Gasteiger partial charge in [0.15, 0.2) is 5.70 Å². The monoisotopic (exact) mass is 370 g/mol. The van der Waals surface area contributed by atoms with E-state index in [1.165, 1.54) is 16.7 Å². The summed E-state index contributed by atoms with van der Waals surface area (Å²) < 4.78 is 0.706. The summed E-state index contributed by atoms with van der Waals surface area (Å²) >= 11 is 2.98. The van der Waals surface area contributed by atoms with Crippen LogP contribution in [-0.2, 0) is 9.59 Å². The number of hydrogen-bond acceptors (Lipinski definition) is 6. The highest BCUT2D eigenvalue weighted by Crippen LogP contribution is 2.55. The number of carbonyl (C=O) groups excluding carboxylic acids is 1. The molecule has 0 aromatic carbocycles. The number of amides is 1. The fraction of sp³-hybridized carbons (Fsp3) is 0.625. The Kier molecular flexibility index (Phi) is 5.29. The Labute approximate surface area is 149 Å². The van der Waals surface area contributed by atoms with Crippen molar-refractivity contribution < 1.29 is 19.8 Å². The van der Waals surface area contributed by atoms with Crippen LogP contribution in [0.5, 0.6) is 0 Å². The number of aliphatic hydroxyl groups is 1. The number of β-lactam (4-membered cyclic amide) rings is 1. The van der Waals surface area contributed by atoms with E-state index in [-0.39, 0.29) is 17.0 Å². The maximum Gasteiger partial charge on any atom is 0.354 e. The summed E-state index contributed by atoms with van der Waals surface area (Å²) in [7, 11) is 0. The van der Waals surface area contributed by atoms with Crippen LogP contribution in [-0.4, -0.2) is 68.3 Å². The molecule has 0 aromatic rings. The van der Waals surface area contributed by atoms with Crippen molar-refractivity contribution in [2.45, 2.75) is 36.5 Å². The minimum atomic E-state index is -1.06. The second kappa shape index (κ2) is 7.11. The average molecular weight is 370 g/mol. The van der Waals surface area contributed by atoms with Gasteiger partial charge < -0.3 is 10.2 Å². The van der Waals surface area contributed by atoms with Crippen LogP contribution >= 0.6 is 23.5 Å². The number of likely N-dealkylation sites (tertiary alicyclic amines) is 1. The standard InChI is InChI=1S/C16H22N2O4S2/c1-3-6-17-7-5-9(8-17)23-16-12(15(21)22)18-13(20)11(10(19)4-2)14(18)24-16/h3,9-11,14,19H,1,4-8H2,2H3,(H,21,22)/t9?,10-,11?,14+/m0/s1. The molecular formula is C16H22N2O4S2. The summed E-state index contributed by atoms with van der Waals surface area (Å²) in [6.45, 7) is 8.29. The highest BCUT2D eigenvalue weighted by Gasteiger charge is 2.58. The first-order chi connectivity index (χ1) is 11.5. The van der Waals surface area contributed by atoms with Gasteiger partial charge >= 0.3 is 5.97 Å². The van der Waals surface area contributed by atoms with Gasteiger partial charge in [-0.2, -0.15) is 0 Å². The molecular weight excluding hydrogens is 348 g/mol. The quantitative estimate of drug-likeness (QED) is 0.520. The second-order valence-electron chi connectivity index (χ2n) is 6.24. The van der Waals surface area contributed by atoms with Crippen LogP contribution in [0.4, 0.5) is 0 Å². The summed E-state index contributed by atoms with van der Waals surface area (Å²) in [5.74, 6) is -1.82. The lowest BCUT2D eigenvalue weighted by molar-refractivity contribution is -0.157. The van der Waals surface area contributed by atoms with Crippen LogP contribution in [0.25, 0.3) is 0 Å². The highest BCUT2D eigenvalue weighted by molar-refractivity contribution is 8.23. The minimum absolute atomic E-state index is 0.0988. The van der Waals surface area contributed by atoms with Crippen molar-refractivity contribution in [2.24, 2.45) is 5.92 Å². The maximum absolute atomic E-state index is 12.3. The lowest BCUT2D eigenvalue weighted by Crippen LogP contribution is -2.61. The summed E-state index contributed by atoms with van der Waals surface area (Å²) in [5, 5.41) is 19.6. The van der Waals surface area contributed by atoms with Crippen LogP contribution in [0.3, 0.4) is 0 Å². The molecule has 2 unspecified atom stereocenters. The molecule has 0 aromatic heterocycles. The Morgan fingerprint density at radius 3 is 2.96 bits per heavy atom. The van der Waals surface area contributed by atoms with Gasteiger partial charge in [-0.15, -0.1) is 18.3 Å². The van der Waals surface area contributed by atoms with Crippen LogP contribution in [0.2, 0.25) is 0 Å². The van der Waals surface area contributed by atoms with E-state index in [0.29, 0.717) is 15.9 Å². The van der Waals surface area contributed by atoms with E-state index >= 15 is 0 Å². The van der Waals surface area contributed by atoms with Gasteiger partial charge in [-0.05, 0) is 19.4 Å². The van der Waals surface area contributed by atoms with Crippen molar-refractivity contribution in [3.8, 4) is 0 Å². The number of carboxylic acid groups (broad SMARTS) is 1. The third-order valence-corrected chi connectivity index (χ3v) is 7.53. The molecule has 3 aliphatic heterocycles. The lowest BCUT2D eigenvalue weighted by atomic mass is 9.90. The Morgan fingerprint density at radius 2 is 2.33 bits per heavy atom. The summed E-state index contributed by atoms with van der Waals surface area (Å²) in [6.07, 6.45) is 2.65. The van der Waals surface area contributed by atoms with Crippen molar-refractivity contribution in [3.05, 3.63) is 22.6 Å². The normalized spacial score (nSPS) is 31.2. The Bertz CT molecular complexity index is 595. The number of thioether (sulfide) groups is 2. The zero-order valence-corrected chi connectivity index (χ0v) is 15.2. The SMILES string of the molecule is C=CCN1CCC(SC2=C(C(=O)O)N3C(=O)C([C@@H](O)CC)[C@H]3S2)C1. The molecule has 2 N–H and O–H groups in total. The molecule has 1 amide bonds. The molecule has 24 heavy (non-hydrogen) atoms. The van der Waals surface area contributed by atoms with E-state index in [2.05, 4.69) is 11.5 Å². The number of hydrogen-bond donors (Lipinski definition) is 2. The molecule has 8 heteroatoms. The zero-order chi connectivity index (χ0) is 17.4. The van der Waals surface area contributed by atoms with Crippen molar-refractivity contribution in [1.29, 1.82) is 0 Å². The fourth-order valence-electron chi connectivity index (χ4n) is 3.39. The molecule has 3 rings (SSSR count). The number of aliphatic hydroxyl groups excluding tert-OH is 1. The molecule has 3 aliphatic rings.